The van der Waals surface area contributed by atoms with Crippen LogP contribution in [-0.2, 0) is 17.6 Å². The zero-order valence-corrected chi connectivity index (χ0v) is 17.7. The van der Waals surface area contributed by atoms with E-state index in [0.717, 1.165) is 50.3 Å². The molecule has 2 N–H and O–H groups in total. The fourth-order valence-electron chi connectivity index (χ4n) is 4.90. The Kier molecular flexibility index (Phi) is 7.00. The summed E-state index contributed by atoms with van der Waals surface area (Å²) in [4.78, 5) is 18.8. The number of nitrogens with one attached hydrogen (secondary N) is 1. The number of carbonyl (C=O) groups is 1. The molecule has 0 saturated carbocycles. The van der Waals surface area contributed by atoms with E-state index in [1.54, 1.807) is 0 Å². The Morgan fingerprint density at radius 2 is 2.03 bits per heavy atom. The first-order chi connectivity index (χ1) is 14.7. The van der Waals surface area contributed by atoms with Crippen LogP contribution in [0.15, 0.2) is 42.5 Å². The first kappa shape index (κ1) is 20.9. The van der Waals surface area contributed by atoms with E-state index in [1.807, 2.05) is 30.3 Å². The van der Waals surface area contributed by atoms with Crippen molar-refractivity contribution in [3.8, 4) is 0 Å². The van der Waals surface area contributed by atoms with Gasteiger partial charge >= 0.3 is 5.97 Å². The van der Waals surface area contributed by atoms with Gasteiger partial charge in [0.05, 0.1) is 0 Å². The standard InChI is InChI=1S/C25H33N3O2/c29-25(30)23(20-9-4-2-5-10-20)28-17-15-19(18-28)8-3-1-6-12-22-14-13-21-11-7-16-26-24(21)27-22/h2,4-5,9-10,13-14,19,23H,1,3,6-8,11-12,15-18H2,(H,26,27)(H,29,30). The van der Waals surface area contributed by atoms with Crippen molar-refractivity contribution in [2.24, 2.45) is 5.92 Å². The number of hydrogen-bond acceptors (Lipinski definition) is 4. The average Bonchev–Trinajstić information content (AvgIpc) is 3.22. The van der Waals surface area contributed by atoms with Crippen molar-refractivity contribution in [1.29, 1.82) is 0 Å². The van der Waals surface area contributed by atoms with Gasteiger partial charge in [0.15, 0.2) is 0 Å². The summed E-state index contributed by atoms with van der Waals surface area (Å²) >= 11 is 0. The maximum Gasteiger partial charge on any atom is 0.325 e. The Morgan fingerprint density at radius 1 is 1.17 bits per heavy atom. The van der Waals surface area contributed by atoms with Crippen LogP contribution in [0.3, 0.4) is 0 Å². The minimum Gasteiger partial charge on any atom is -0.480 e. The van der Waals surface area contributed by atoms with E-state index in [2.05, 4.69) is 22.3 Å². The number of benzene rings is 1. The number of hydrogen-bond donors (Lipinski definition) is 2. The summed E-state index contributed by atoms with van der Waals surface area (Å²) in [6, 6.07) is 13.6. The molecular weight excluding hydrogens is 374 g/mol. The molecule has 5 heteroatoms. The fraction of sp³-hybridized carbons (Fsp3) is 0.520. The second-order valence-corrected chi connectivity index (χ2v) is 8.74. The summed E-state index contributed by atoms with van der Waals surface area (Å²) in [6.45, 7) is 2.81. The first-order valence-corrected chi connectivity index (χ1v) is 11.4. The van der Waals surface area contributed by atoms with Gasteiger partial charge in [-0.2, -0.15) is 0 Å². The SMILES string of the molecule is O=C(O)C(c1ccccc1)N1CCC(CCCCCc2ccc3c(n2)NCCC3)C1. The predicted molar refractivity (Wildman–Crippen MR) is 120 cm³/mol. The third-order valence-corrected chi connectivity index (χ3v) is 6.53. The van der Waals surface area contributed by atoms with Gasteiger partial charge in [0.25, 0.3) is 0 Å². The lowest BCUT2D eigenvalue weighted by atomic mass is 9.99. The second kappa shape index (κ2) is 10.1. The number of aliphatic carboxylic acids is 1. The number of aryl methyl sites for hydroxylation is 2. The molecule has 0 radical (unpaired) electrons. The number of rotatable bonds is 9. The van der Waals surface area contributed by atoms with Gasteiger partial charge in [0, 0.05) is 18.8 Å². The lowest BCUT2D eigenvalue weighted by molar-refractivity contribution is -0.143. The van der Waals surface area contributed by atoms with Crippen molar-refractivity contribution in [3.63, 3.8) is 0 Å². The minimum absolute atomic E-state index is 0.514. The predicted octanol–water partition coefficient (Wildman–Crippen LogP) is 4.69. The number of aromatic nitrogens is 1. The van der Waals surface area contributed by atoms with Gasteiger partial charge in [-0.15, -0.1) is 0 Å². The van der Waals surface area contributed by atoms with Gasteiger partial charge in [-0.1, -0.05) is 49.2 Å². The van der Waals surface area contributed by atoms with Crippen molar-refractivity contribution in [1.82, 2.24) is 9.88 Å². The third-order valence-electron chi connectivity index (χ3n) is 6.53. The minimum atomic E-state index is -0.742. The van der Waals surface area contributed by atoms with Crippen LogP contribution in [0.5, 0.6) is 0 Å². The number of carboxylic acids is 1. The van der Waals surface area contributed by atoms with Crippen molar-refractivity contribution in [3.05, 3.63) is 59.3 Å². The fourth-order valence-corrected chi connectivity index (χ4v) is 4.90. The molecule has 1 saturated heterocycles. The highest BCUT2D eigenvalue weighted by Gasteiger charge is 2.33. The number of carboxylic acid groups (broad SMARTS) is 1. The number of anilines is 1. The Morgan fingerprint density at radius 3 is 2.87 bits per heavy atom. The molecule has 160 valence electrons. The number of fused-ring (bicyclic) bond motifs is 1. The van der Waals surface area contributed by atoms with E-state index < -0.39 is 12.0 Å². The van der Waals surface area contributed by atoms with Crippen molar-refractivity contribution < 1.29 is 9.90 Å². The summed E-state index contributed by atoms with van der Waals surface area (Å²) in [5.41, 5.74) is 3.44. The van der Waals surface area contributed by atoms with Crippen LogP contribution < -0.4 is 5.32 Å². The molecule has 2 aliphatic heterocycles. The van der Waals surface area contributed by atoms with Crippen LogP contribution in [0.1, 0.15) is 61.4 Å². The molecule has 1 aromatic carbocycles. The molecule has 30 heavy (non-hydrogen) atoms. The van der Waals surface area contributed by atoms with E-state index in [0.29, 0.717) is 5.92 Å². The molecule has 0 aliphatic carbocycles. The van der Waals surface area contributed by atoms with Gasteiger partial charge in [-0.05, 0) is 68.2 Å². The van der Waals surface area contributed by atoms with E-state index >= 15 is 0 Å². The molecule has 2 aromatic rings. The molecule has 1 aromatic heterocycles. The van der Waals surface area contributed by atoms with E-state index in [4.69, 9.17) is 4.98 Å². The Labute approximate surface area is 179 Å². The lowest BCUT2D eigenvalue weighted by Crippen LogP contribution is -2.32. The highest BCUT2D eigenvalue weighted by atomic mass is 16.4. The number of likely N-dealkylation sites (tertiary alicyclic amines) is 1. The summed E-state index contributed by atoms with van der Waals surface area (Å²) in [5, 5.41) is 13.2. The zero-order chi connectivity index (χ0) is 20.8. The molecule has 0 amide bonds. The molecule has 3 heterocycles. The second-order valence-electron chi connectivity index (χ2n) is 8.74. The maximum absolute atomic E-state index is 11.9. The summed E-state index contributed by atoms with van der Waals surface area (Å²) in [6.07, 6.45) is 9.27. The Balaban J connectivity index is 1.19. The van der Waals surface area contributed by atoms with Gasteiger partial charge in [0.1, 0.15) is 11.9 Å². The largest absolute Gasteiger partial charge is 0.480 e. The van der Waals surface area contributed by atoms with E-state index in [1.165, 1.54) is 43.4 Å². The van der Waals surface area contributed by atoms with Crippen molar-refractivity contribution in [2.45, 2.75) is 57.4 Å². The van der Waals surface area contributed by atoms with E-state index in [9.17, 15) is 9.90 Å². The van der Waals surface area contributed by atoms with Gasteiger partial charge in [0.2, 0.25) is 0 Å². The highest BCUT2D eigenvalue weighted by Crippen LogP contribution is 2.30. The van der Waals surface area contributed by atoms with Crippen LogP contribution in [-0.4, -0.2) is 40.6 Å². The summed E-state index contributed by atoms with van der Waals surface area (Å²) in [5.74, 6) is 0.965. The van der Waals surface area contributed by atoms with Gasteiger partial charge in [-0.25, -0.2) is 4.98 Å². The zero-order valence-electron chi connectivity index (χ0n) is 17.7. The molecule has 0 spiro atoms. The summed E-state index contributed by atoms with van der Waals surface area (Å²) in [7, 11) is 0. The maximum atomic E-state index is 11.9. The lowest BCUT2D eigenvalue weighted by Gasteiger charge is -2.24. The van der Waals surface area contributed by atoms with Gasteiger partial charge < -0.3 is 10.4 Å². The topological polar surface area (TPSA) is 65.5 Å². The monoisotopic (exact) mass is 407 g/mol. The molecule has 0 bridgehead atoms. The number of nitrogens with zero attached hydrogens (tertiary/aromatic N) is 2. The average molecular weight is 408 g/mol. The quantitative estimate of drug-likeness (QED) is 0.590. The third kappa shape index (κ3) is 5.20. The molecule has 4 rings (SSSR count). The van der Waals surface area contributed by atoms with Crippen LogP contribution in [0.2, 0.25) is 0 Å². The molecule has 2 aliphatic rings. The van der Waals surface area contributed by atoms with Gasteiger partial charge in [-0.3, -0.25) is 9.69 Å². The van der Waals surface area contributed by atoms with Crippen LogP contribution in [0.4, 0.5) is 5.82 Å². The molecule has 2 unspecified atom stereocenters. The highest BCUT2D eigenvalue weighted by molar-refractivity contribution is 5.75. The molecular formula is C25H33N3O2. The first-order valence-electron chi connectivity index (χ1n) is 11.4. The van der Waals surface area contributed by atoms with Crippen LogP contribution >= 0.6 is 0 Å². The normalized spacial score (nSPS) is 19.8. The van der Waals surface area contributed by atoms with Crippen LogP contribution in [0.25, 0.3) is 0 Å². The number of unbranched alkanes of at least 4 members (excludes halogenated alkanes) is 2. The van der Waals surface area contributed by atoms with Crippen LogP contribution in [0, 0.1) is 5.92 Å². The van der Waals surface area contributed by atoms with E-state index in [-0.39, 0.29) is 0 Å². The number of pyridine rings is 1. The molecule has 2 atom stereocenters. The summed E-state index contributed by atoms with van der Waals surface area (Å²) < 4.78 is 0. The van der Waals surface area contributed by atoms with Crippen molar-refractivity contribution in [2.75, 3.05) is 25.0 Å². The molecule has 1 fully saturated rings. The van der Waals surface area contributed by atoms with Crippen molar-refractivity contribution >= 4 is 11.8 Å². The smallest absolute Gasteiger partial charge is 0.325 e. The Bertz CT molecular complexity index is 840. The Hall–Kier alpha value is -2.40. The molecule has 5 nitrogen and oxygen atoms in total.